The van der Waals surface area contributed by atoms with Gasteiger partial charge in [0.05, 0.1) is 12.3 Å². The Kier molecular flexibility index (Phi) is 8.68. The van der Waals surface area contributed by atoms with Crippen LogP contribution in [0.2, 0.25) is 0 Å². The van der Waals surface area contributed by atoms with E-state index in [9.17, 15) is 4.79 Å². The molecule has 4 N–H and O–H groups in total. The maximum absolute atomic E-state index is 12.8. The number of aromatic nitrogens is 1. The number of hydrogen-bond donors (Lipinski definition) is 3. The van der Waals surface area contributed by atoms with Crippen molar-refractivity contribution in [2.24, 2.45) is 21.6 Å². The molecule has 1 fully saturated rings. The van der Waals surface area contributed by atoms with E-state index in [0.717, 1.165) is 43.6 Å². The molecule has 9 heteroatoms. The van der Waals surface area contributed by atoms with Gasteiger partial charge in [-0.15, -0.1) is 0 Å². The molecule has 0 unspecified atom stereocenters. The molecule has 2 aromatic rings. The Bertz CT molecular complexity index is 1200. The van der Waals surface area contributed by atoms with Gasteiger partial charge in [-0.3, -0.25) is 9.79 Å². The van der Waals surface area contributed by atoms with Gasteiger partial charge in [0.25, 0.3) is 5.91 Å². The zero-order valence-electron chi connectivity index (χ0n) is 21.5. The van der Waals surface area contributed by atoms with Crippen LogP contribution in [0, 0.1) is 5.92 Å². The number of carbonyl (C=O) groups is 1. The topological polar surface area (TPSA) is 117 Å². The summed E-state index contributed by atoms with van der Waals surface area (Å²) < 4.78 is 5.62. The van der Waals surface area contributed by atoms with E-state index in [4.69, 9.17) is 10.5 Å². The third-order valence-electron chi connectivity index (χ3n) is 6.46. The van der Waals surface area contributed by atoms with Crippen LogP contribution in [0.5, 0.6) is 5.75 Å². The fourth-order valence-electron chi connectivity index (χ4n) is 4.44. The molecule has 0 radical (unpaired) electrons. The number of nitrogens with two attached hydrogens (primary N) is 1. The largest absolute Gasteiger partial charge is 0.493 e. The zero-order chi connectivity index (χ0) is 26.2. The Morgan fingerprint density at radius 2 is 2.05 bits per heavy atom. The molecule has 0 bridgehead atoms. The molecule has 0 aliphatic carbocycles. The highest BCUT2D eigenvalue weighted by molar-refractivity contribution is 6.06. The van der Waals surface area contributed by atoms with Crippen LogP contribution in [0.25, 0.3) is 5.70 Å². The first-order valence-electron chi connectivity index (χ1n) is 12.7. The molecule has 1 aromatic heterocycles. The number of hydrogen-bond acceptors (Lipinski definition) is 8. The van der Waals surface area contributed by atoms with E-state index < -0.39 is 0 Å². The van der Waals surface area contributed by atoms with Crippen LogP contribution in [-0.4, -0.2) is 54.1 Å². The molecule has 2 aliphatic rings. The van der Waals surface area contributed by atoms with Gasteiger partial charge in [-0.05, 0) is 63.6 Å². The van der Waals surface area contributed by atoms with Gasteiger partial charge in [-0.25, -0.2) is 9.98 Å². The van der Waals surface area contributed by atoms with Gasteiger partial charge in [-0.1, -0.05) is 19.1 Å². The molecule has 3 heterocycles. The Hall–Kier alpha value is -3.98. The summed E-state index contributed by atoms with van der Waals surface area (Å²) in [4.78, 5) is 27.8. The molecule has 9 nitrogen and oxygen atoms in total. The first kappa shape index (κ1) is 26.1. The van der Waals surface area contributed by atoms with Gasteiger partial charge in [0, 0.05) is 48.4 Å². The average molecular weight is 502 g/mol. The van der Waals surface area contributed by atoms with Crippen LogP contribution in [0.4, 0.5) is 5.82 Å². The highest BCUT2D eigenvalue weighted by Gasteiger charge is 2.25. The smallest absolute Gasteiger partial charge is 0.256 e. The van der Waals surface area contributed by atoms with E-state index in [1.54, 1.807) is 36.7 Å². The summed E-state index contributed by atoms with van der Waals surface area (Å²) in [6, 6.07) is 11.2. The molecule has 0 saturated carbocycles. The predicted molar refractivity (Wildman–Crippen MR) is 149 cm³/mol. The maximum atomic E-state index is 12.8. The van der Waals surface area contributed by atoms with Gasteiger partial charge < -0.3 is 26.0 Å². The lowest BCUT2D eigenvalue weighted by molar-refractivity contribution is 0.102. The molecule has 194 valence electrons. The third kappa shape index (κ3) is 6.62. The highest BCUT2D eigenvalue weighted by atomic mass is 16.5. The normalized spacial score (nSPS) is 20.7. The fourth-order valence-corrected chi connectivity index (χ4v) is 4.44. The van der Waals surface area contributed by atoms with Crippen molar-refractivity contribution < 1.29 is 9.53 Å². The zero-order valence-corrected chi connectivity index (χ0v) is 21.5. The molecule has 1 saturated heterocycles. The standard InChI is InChI=1S/C28H35N7O2/c1-4-15-37-23-11-12-31-24(16-23)34-28(36)22-9-7-21(8-10-22)25(30-3)26-27(29)32-13-14-35(26)18-20-6-5-19(2)33-17-20/h7-14,16,19-20,33H,3-6,15,17-18H2,1-2H3,(H2,29,32)(H,31,34,36)/b26-25-/t19-,20+/m0/s1. The highest BCUT2D eigenvalue weighted by Crippen LogP contribution is 2.28. The first-order valence-corrected chi connectivity index (χ1v) is 12.7. The molecule has 2 aliphatic heterocycles. The lowest BCUT2D eigenvalue weighted by Crippen LogP contribution is -2.42. The Labute approximate surface area is 218 Å². The average Bonchev–Trinajstić information content (AvgIpc) is 2.91. The number of benzene rings is 1. The van der Waals surface area contributed by atoms with Crippen molar-refractivity contribution in [3.05, 3.63) is 71.8 Å². The summed E-state index contributed by atoms with van der Waals surface area (Å²) in [5, 5.41) is 6.38. The number of anilines is 1. The molecule has 37 heavy (non-hydrogen) atoms. The fraction of sp³-hybridized carbons (Fsp3) is 0.357. The second-order valence-electron chi connectivity index (χ2n) is 9.33. The van der Waals surface area contributed by atoms with Crippen LogP contribution in [0.3, 0.4) is 0 Å². The first-order chi connectivity index (χ1) is 18.0. The summed E-state index contributed by atoms with van der Waals surface area (Å²) in [7, 11) is 0. The van der Waals surface area contributed by atoms with E-state index in [1.165, 1.54) is 0 Å². The monoisotopic (exact) mass is 501 g/mol. The number of nitrogens with one attached hydrogen (secondary N) is 2. The number of amides is 1. The van der Waals surface area contributed by atoms with Crippen molar-refractivity contribution in [1.29, 1.82) is 0 Å². The number of carbonyl (C=O) groups excluding carboxylic acids is 1. The predicted octanol–water partition coefficient (Wildman–Crippen LogP) is 4.02. The van der Waals surface area contributed by atoms with Gasteiger partial charge in [-0.2, -0.15) is 0 Å². The van der Waals surface area contributed by atoms with E-state index in [0.29, 0.717) is 47.2 Å². The van der Waals surface area contributed by atoms with Crippen molar-refractivity contribution in [3.8, 4) is 5.75 Å². The SMILES string of the molecule is C=N/C(=C1/C(N)=NC=CN1C[C@@H]1CC[C@H](C)NC1)c1ccc(C(=O)Nc2cc(OCCC)ccn2)cc1. The number of rotatable bonds is 9. The van der Waals surface area contributed by atoms with Crippen LogP contribution in [-0.2, 0) is 0 Å². The van der Waals surface area contributed by atoms with E-state index in [2.05, 4.69) is 44.1 Å². The number of aliphatic imine (C=N–C) groups is 2. The molecule has 2 atom stereocenters. The summed E-state index contributed by atoms with van der Waals surface area (Å²) in [5.74, 6) is 1.70. The van der Waals surface area contributed by atoms with E-state index >= 15 is 0 Å². The second-order valence-corrected chi connectivity index (χ2v) is 9.33. The van der Waals surface area contributed by atoms with Crippen molar-refractivity contribution in [2.75, 3.05) is 25.0 Å². The summed E-state index contributed by atoms with van der Waals surface area (Å²) >= 11 is 0. The maximum Gasteiger partial charge on any atom is 0.256 e. The number of pyridine rings is 1. The summed E-state index contributed by atoms with van der Waals surface area (Å²) in [6.45, 7) is 10.4. The molecule has 1 aromatic carbocycles. The minimum Gasteiger partial charge on any atom is -0.493 e. The lowest BCUT2D eigenvalue weighted by atomic mass is 9.94. The van der Waals surface area contributed by atoms with Crippen molar-refractivity contribution in [3.63, 3.8) is 0 Å². The van der Waals surface area contributed by atoms with Crippen molar-refractivity contribution in [2.45, 2.75) is 39.2 Å². The molecule has 4 rings (SSSR count). The van der Waals surface area contributed by atoms with Gasteiger partial charge in [0.15, 0.2) is 0 Å². The number of amidine groups is 1. The minimum atomic E-state index is -0.269. The molecular formula is C28H35N7O2. The summed E-state index contributed by atoms with van der Waals surface area (Å²) in [6.07, 6.45) is 8.44. The molecule has 0 spiro atoms. The third-order valence-corrected chi connectivity index (χ3v) is 6.46. The quantitative estimate of drug-likeness (QED) is 0.447. The van der Waals surface area contributed by atoms with Crippen LogP contribution in [0.1, 0.15) is 49.0 Å². The van der Waals surface area contributed by atoms with E-state index in [1.807, 2.05) is 25.3 Å². The van der Waals surface area contributed by atoms with Crippen molar-refractivity contribution >= 4 is 30.0 Å². The number of nitrogens with zero attached hydrogens (tertiary/aromatic N) is 4. The van der Waals surface area contributed by atoms with E-state index in [-0.39, 0.29) is 5.91 Å². The summed E-state index contributed by atoms with van der Waals surface area (Å²) in [5.41, 5.74) is 8.96. The Morgan fingerprint density at radius 1 is 1.27 bits per heavy atom. The number of ether oxygens (including phenoxy) is 1. The van der Waals surface area contributed by atoms with Crippen molar-refractivity contribution in [1.82, 2.24) is 15.2 Å². The molecule has 1 amide bonds. The Morgan fingerprint density at radius 3 is 2.76 bits per heavy atom. The van der Waals surface area contributed by atoms with Crippen LogP contribution >= 0.6 is 0 Å². The van der Waals surface area contributed by atoms with Crippen LogP contribution in [0.15, 0.2) is 70.7 Å². The lowest BCUT2D eigenvalue weighted by Gasteiger charge is -2.34. The Balaban J connectivity index is 1.51. The van der Waals surface area contributed by atoms with Gasteiger partial charge in [0.1, 0.15) is 23.1 Å². The second kappa shape index (κ2) is 12.3. The van der Waals surface area contributed by atoms with Crippen LogP contribution < -0.4 is 21.1 Å². The molecular weight excluding hydrogens is 466 g/mol. The van der Waals surface area contributed by atoms with Gasteiger partial charge in [0.2, 0.25) is 0 Å². The number of piperidine rings is 1. The minimum absolute atomic E-state index is 0.269. The van der Waals surface area contributed by atoms with Gasteiger partial charge >= 0.3 is 0 Å².